The van der Waals surface area contributed by atoms with Gasteiger partial charge in [0.15, 0.2) is 0 Å². The van der Waals surface area contributed by atoms with Gasteiger partial charge in [0, 0.05) is 12.1 Å². The van der Waals surface area contributed by atoms with Crippen molar-refractivity contribution in [3.8, 4) is 0 Å². The average molecular weight is 241 g/mol. The van der Waals surface area contributed by atoms with Gasteiger partial charge in [-0.3, -0.25) is 9.69 Å². The van der Waals surface area contributed by atoms with Crippen LogP contribution in [0.15, 0.2) is 0 Å². The highest BCUT2D eigenvalue weighted by Crippen LogP contribution is 2.33. The van der Waals surface area contributed by atoms with Crippen LogP contribution in [0.2, 0.25) is 0 Å². The molecular formula is C14H27NO2. The average Bonchev–Trinajstić information content (AvgIpc) is 2.29. The number of hydrogen-bond acceptors (Lipinski definition) is 2. The predicted molar refractivity (Wildman–Crippen MR) is 70.1 cm³/mol. The predicted octanol–water partition coefficient (Wildman–Crippen LogP) is 3.00. The van der Waals surface area contributed by atoms with Crippen molar-refractivity contribution in [3.63, 3.8) is 0 Å². The topological polar surface area (TPSA) is 40.5 Å². The smallest absolute Gasteiger partial charge is 0.308 e. The van der Waals surface area contributed by atoms with E-state index in [2.05, 4.69) is 32.7 Å². The first-order valence-corrected chi connectivity index (χ1v) is 6.95. The lowest BCUT2D eigenvalue weighted by Gasteiger charge is -2.42. The minimum absolute atomic E-state index is 0.170. The highest BCUT2D eigenvalue weighted by Gasteiger charge is 2.37. The molecule has 1 saturated carbocycles. The summed E-state index contributed by atoms with van der Waals surface area (Å²) in [5.74, 6) is -0.121. The molecule has 0 aromatic carbocycles. The van der Waals surface area contributed by atoms with Crippen molar-refractivity contribution in [2.45, 2.75) is 65.0 Å². The van der Waals surface area contributed by atoms with E-state index >= 15 is 0 Å². The third kappa shape index (κ3) is 3.44. The van der Waals surface area contributed by atoms with Gasteiger partial charge in [-0.15, -0.1) is 0 Å². The Kier molecular flexibility index (Phi) is 5.44. The molecule has 1 aliphatic carbocycles. The van der Waals surface area contributed by atoms with Crippen molar-refractivity contribution >= 4 is 5.97 Å². The van der Waals surface area contributed by atoms with Crippen molar-refractivity contribution in [2.75, 3.05) is 7.05 Å². The Morgan fingerprint density at radius 1 is 1.35 bits per heavy atom. The fraction of sp³-hybridized carbons (Fsp3) is 0.929. The Bertz CT molecular complexity index is 251. The zero-order chi connectivity index (χ0) is 13.0. The Balaban J connectivity index is 2.77. The zero-order valence-electron chi connectivity index (χ0n) is 11.6. The van der Waals surface area contributed by atoms with Crippen LogP contribution in [-0.2, 0) is 4.79 Å². The lowest BCUT2D eigenvalue weighted by molar-refractivity contribution is -0.146. The standard InChI is InChI=1S/C14H27NO2/c1-5-11(6-2)15(4)13-9-10(3)7-8-12(13)14(16)17/h10-13H,5-9H2,1-4H3,(H,16,17). The highest BCUT2D eigenvalue weighted by atomic mass is 16.4. The molecule has 0 aromatic rings. The zero-order valence-corrected chi connectivity index (χ0v) is 11.6. The molecule has 1 fully saturated rings. The molecule has 0 heterocycles. The lowest BCUT2D eigenvalue weighted by Crippen LogP contribution is -2.49. The molecule has 0 amide bonds. The lowest BCUT2D eigenvalue weighted by atomic mass is 9.78. The van der Waals surface area contributed by atoms with Crippen LogP contribution in [-0.4, -0.2) is 35.1 Å². The summed E-state index contributed by atoms with van der Waals surface area (Å²) in [6, 6.07) is 0.744. The van der Waals surface area contributed by atoms with Gasteiger partial charge in [-0.1, -0.05) is 20.8 Å². The number of carboxylic acid groups (broad SMARTS) is 1. The third-order valence-corrected chi connectivity index (χ3v) is 4.44. The fourth-order valence-corrected chi connectivity index (χ4v) is 3.22. The van der Waals surface area contributed by atoms with E-state index in [0.717, 1.165) is 32.1 Å². The van der Waals surface area contributed by atoms with Crippen molar-refractivity contribution in [3.05, 3.63) is 0 Å². The maximum absolute atomic E-state index is 11.3. The van der Waals surface area contributed by atoms with Crippen LogP contribution in [0.3, 0.4) is 0 Å². The molecule has 1 rings (SSSR count). The monoisotopic (exact) mass is 241 g/mol. The molecule has 3 atom stereocenters. The summed E-state index contributed by atoms with van der Waals surface area (Å²) in [5.41, 5.74) is 0. The van der Waals surface area contributed by atoms with E-state index in [4.69, 9.17) is 0 Å². The Labute approximate surface area is 105 Å². The quantitative estimate of drug-likeness (QED) is 0.804. The van der Waals surface area contributed by atoms with Crippen molar-refractivity contribution in [1.29, 1.82) is 0 Å². The van der Waals surface area contributed by atoms with Gasteiger partial charge >= 0.3 is 5.97 Å². The van der Waals surface area contributed by atoms with Crippen LogP contribution in [0.25, 0.3) is 0 Å². The molecule has 0 aromatic heterocycles. The molecule has 0 aliphatic heterocycles. The SMILES string of the molecule is CCC(CC)N(C)C1CC(C)CCC1C(=O)O. The molecular weight excluding hydrogens is 214 g/mol. The molecule has 3 nitrogen and oxygen atoms in total. The van der Waals surface area contributed by atoms with E-state index in [1.807, 2.05) is 0 Å². The molecule has 0 bridgehead atoms. The van der Waals surface area contributed by atoms with Gasteiger partial charge < -0.3 is 5.11 Å². The molecule has 17 heavy (non-hydrogen) atoms. The van der Waals surface area contributed by atoms with Crippen molar-refractivity contribution < 1.29 is 9.90 Å². The van der Waals surface area contributed by atoms with Crippen LogP contribution in [0.1, 0.15) is 52.9 Å². The summed E-state index contributed by atoms with van der Waals surface area (Å²) in [4.78, 5) is 13.7. The minimum Gasteiger partial charge on any atom is -0.481 e. The van der Waals surface area contributed by atoms with Crippen LogP contribution in [0, 0.1) is 11.8 Å². The van der Waals surface area contributed by atoms with Gasteiger partial charge in [-0.25, -0.2) is 0 Å². The maximum Gasteiger partial charge on any atom is 0.308 e. The molecule has 3 unspecified atom stereocenters. The molecule has 1 N–H and O–H groups in total. The van der Waals surface area contributed by atoms with E-state index in [1.165, 1.54) is 0 Å². The normalized spacial score (nSPS) is 29.9. The van der Waals surface area contributed by atoms with Crippen molar-refractivity contribution in [2.24, 2.45) is 11.8 Å². The number of nitrogens with zero attached hydrogens (tertiary/aromatic N) is 1. The molecule has 0 radical (unpaired) electrons. The largest absolute Gasteiger partial charge is 0.481 e. The molecule has 0 saturated heterocycles. The van der Waals surface area contributed by atoms with Gasteiger partial charge in [0.2, 0.25) is 0 Å². The molecule has 1 aliphatic rings. The third-order valence-electron chi connectivity index (χ3n) is 4.44. The van der Waals surface area contributed by atoms with Gasteiger partial charge in [-0.2, -0.15) is 0 Å². The molecule has 0 spiro atoms. The second kappa shape index (κ2) is 6.39. The second-order valence-electron chi connectivity index (χ2n) is 5.57. The number of hydrogen-bond donors (Lipinski definition) is 1. The number of carboxylic acids is 1. The fourth-order valence-electron chi connectivity index (χ4n) is 3.22. The van der Waals surface area contributed by atoms with E-state index in [-0.39, 0.29) is 12.0 Å². The maximum atomic E-state index is 11.3. The molecule has 3 heteroatoms. The van der Waals surface area contributed by atoms with Gasteiger partial charge in [0.25, 0.3) is 0 Å². The van der Waals surface area contributed by atoms with Gasteiger partial charge in [0.1, 0.15) is 0 Å². The first-order chi connectivity index (χ1) is 8.01. The van der Waals surface area contributed by atoms with Crippen molar-refractivity contribution in [1.82, 2.24) is 4.90 Å². The molecule has 100 valence electrons. The van der Waals surface area contributed by atoms with Gasteiger partial charge in [0.05, 0.1) is 5.92 Å². The summed E-state index contributed by atoms with van der Waals surface area (Å²) in [6.07, 6.45) is 5.13. The van der Waals surface area contributed by atoms with Crippen LogP contribution in [0.4, 0.5) is 0 Å². The summed E-state index contributed by atoms with van der Waals surface area (Å²) in [6.45, 7) is 6.62. The summed E-state index contributed by atoms with van der Waals surface area (Å²) in [7, 11) is 2.11. The van der Waals surface area contributed by atoms with Crippen LogP contribution in [0.5, 0.6) is 0 Å². The Hall–Kier alpha value is -0.570. The van der Waals surface area contributed by atoms with Gasteiger partial charge in [-0.05, 0) is 45.1 Å². The number of rotatable bonds is 5. The van der Waals surface area contributed by atoms with E-state index < -0.39 is 5.97 Å². The first-order valence-electron chi connectivity index (χ1n) is 6.95. The minimum atomic E-state index is -0.611. The van der Waals surface area contributed by atoms with E-state index in [1.54, 1.807) is 0 Å². The Morgan fingerprint density at radius 3 is 2.41 bits per heavy atom. The van der Waals surface area contributed by atoms with Crippen LogP contribution >= 0.6 is 0 Å². The number of aliphatic carboxylic acids is 1. The number of carbonyl (C=O) groups is 1. The summed E-state index contributed by atoms with van der Waals surface area (Å²) >= 11 is 0. The van der Waals surface area contributed by atoms with E-state index in [9.17, 15) is 9.90 Å². The summed E-state index contributed by atoms with van der Waals surface area (Å²) in [5, 5.41) is 9.34. The van der Waals surface area contributed by atoms with E-state index in [0.29, 0.717) is 12.0 Å². The second-order valence-corrected chi connectivity index (χ2v) is 5.57. The Morgan fingerprint density at radius 2 is 1.94 bits per heavy atom. The highest BCUT2D eigenvalue weighted by molar-refractivity contribution is 5.71. The summed E-state index contributed by atoms with van der Waals surface area (Å²) < 4.78 is 0. The first kappa shape index (κ1) is 14.5. The van der Waals surface area contributed by atoms with Crippen LogP contribution < -0.4 is 0 Å².